The first-order valence-corrected chi connectivity index (χ1v) is 5.50. The molecular formula is C14H10N2O2. The van der Waals surface area contributed by atoms with E-state index in [0.717, 1.165) is 22.2 Å². The maximum Gasteiger partial charge on any atom is 0.227 e. The normalized spacial score (nSPS) is 11.3. The second-order valence-electron chi connectivity index (χ2n) is 3.86. The molecule has 4 nitrogen and oxygen atoms in total. The van der Waals surface area contributed by atoms with Gasteiger partial charge in [0, 0.05) is 5.56 Å². The van der Waals surface area contributed by atoms with Crippen molar-refractivity contribution in [1.82, 2.24) is 4.98 Å². The van der Waals surface area contributed by atoms with E-state index in [0.29, 0.717) is 5.89 Å². The summed E-state index contributed by atoms with van der Waals surface area (Å²) in [4.78, 5) is 4.41. The minimum absolute atomic E-state index is 0.560. The first-order valence-electron chi connectivity index (χ1n) is 5.50. The number of benzene rings is 2. The number of para-hydroxylation sites is 2. The van der Waals surface area contributed by atoms with Crippen molar-refractivity contribution in [3.8, 4) is 11.5 Å². The van der Waals surface area contributed by atoms with Crippen molar-refractivity contribution in [1.29, 1.82) is 0 Å². The van der Waals surface area contributed by atoms with Crippen molar-refractivity contribution in [2.75, 3.05) is 0 Å². The third-order valence-electron chi connectivity index (χ3n) is 2.63. The third kappa shape index (κ3) is 1.84. The standard InChI is InChI=1S/C14H10N2O2/c17-15-9-10-4-3-5-11(8-10)14-16-12-6-1-2-7-13(12)18-14/h1-9,17H/b15-9+. The van der Waals surface area contributed by atoms with Gasteiger partial charge in [-0.25, -0.2) is 4.98 Å². The highest BCUT2D eigenvalue weighted by molar-refractivity contribution is 5.82. The van der Waals surface area contributed by atoms with Gasteiger partial charge in [-0.05, 0) is 29.8 Å². The third-order valence-corrected chi connectivity index (χ3v) is 2.63. The van der Waals surface area contributed by atoms with Crippen LogP contribution in [0.1, 0.15) is 5.56 Å². The first kappa shape index (κ1) is 10.5. The maximum absolute atomic E-state index is 8.53. The lowest BCUT2D eigenvalue weighted by molar-refractivity contribution is 0.322. The van der Waals surface area contributed by atoms with Crippen LogP contribution in [0.3, 0.4) is 0 Å². The molecule has 4 heteroatoms. The molecule has 3 aromatic rings. The fourth-order valence-electron chi connectivity index (χ4n) is 1.81. The van der Waals surface area contributed by atoms with Crippen molar-refractivity contribution < 1.29 is 9.62 Å². The van der Waals surface area contributed by atoms with E-state index in [4.69, 9.17) is 9.62 Å². The molecule has 0 unspecified atom stereocenters. The Labute approximate surface area is 103 Å². The number of nitrogens with zero attached hydrogens (tertiary/aromatic N) is 2. The number of oxime groups is 1. The average Bonchev–Trinajstić information content (AvgIpc) is 2.83. The predicted octanol–water partition coefficient (Wildman–Crippen LogP) is 3.30. The van der Waals surface area contributed by atoms with Gasteiger partial charge in [-0.1, -0.05) is 29.4 Å². The van der Waals surface area contributed by atoms with Crippen LogP contribution >= 0.6 is 0 Å². The van der Waals surface area contributed by atoms with Crippen LogP contribution in [-0.2, 0) is 0 Å². The van der Waals surface area contributed by atoms with Gasteiger partial charge in [0.15, 0.2) is 5.58 Å². The zero-order chi connectivity index (χ0) is 12.4. The lowest BCUT2D eigenvalue weighted by atomic mass is 10.1. The van der Waals surface area contributed by atoms with Crippen LogP contribution in [0.25, 0.3) is 22.6 Å². The lowest BCUT2D eigenvalue weighted by Gasteiger charge is -1.96. The second-order valence-corrected chi connectivity index (χ2v) is 3.86. The van der Waals surface area contributed by atoms with Crippen molar-refractivity contribution in [3.05, 3.63) is 54.1 Å². The van der Waals surface area contributed by atoms with E-state index in [1.54, 1.807) is 0 Å². The second kappa shape index (κ2) is 4.33. The Kier molecular flexibility index (Phi) is 2.53. The van der Waals surface area contributed by atoms with Crippen LogP contribution in [0, 0.1) is 0 Å². The summed E-state index contributed by atoms with van der Waals surface area (Å²) in [6.45, 7) is 0. The fourth-order valence-corrected chi connectivity index (χ4v) is 1.81. The van der Waals surface area contributed by atoms with Gasteiger partial charge in [0.1, 0.15) is 5.52 Å². The Hall–Kier alpha value is -2.62. The number of oxazole rings is 1. The van der Waals surface area contributed by atoms with E-state index in [2.05, 4.69) is 10.1 Å². The minimum atomic E-state index is 0.560. The molecule has 0 spiro atoms. The quantitative estimate of drug-likeness (QED) is 0.423. The number of hydrogen-bond donors (Lipinski definition) is 1. The molecule has 0 atom stereocenters. The van der Waals surface area contributed by atoms with Gasteiger partial charge in [0.25, 0.3) is 0 Å². The Morgan fingerprint density at radius 3 is 2.83 bits per heavy atom. The van der Waals surface area contributed by atoms with Crippen LogP contribution in [0.4, 0.5) is 0 Å². The fraction of sp³-hybridized carbons (Fsp3) is 0. The number of hydrogen-bond acceptors (Lipinski definition) is 4. The first-order chi connectivity index (χ1) is 8.86. The monoisotopic (exact) mass is 238 g/mol. The molecular weight excluding hydrogens is 228 g/mol. The molecule has 0 aliphatic carbocycles. The predicted molar refractivity (Wildman–Crippen MR) is 68.8 cm³/mol. The molecule has 0 bridgehead atoms. The molecule has 1 heterocycles. The van der Waals surface area contributed by atoms with Crippen LogP contribution < -0.4 is 0 Å². The zero-order valence-corrected chi connectivity index (χ0v) is 9.45. The van der Waals surface area contributed by atoms with E-state index in [9.17, 15) is 0 Å². The molecule has 1 N–H and O–H groups in total. The largest absolute Gasteiger partial charge is 0.436 e. The molecule has 88 valence electrons. The van der Waals surface area contributed by atoms with Crippen LogP contribution in [-0.4, -0.2) is 16.4 Å². The van der Waals surface area contributed by atoms with Crippen molar-refractivity contribution in [3.63, 3.8) is 0 Å². The Balaban J connectivity index is 2.10. The van der Waals surface area contributed by atoms with Gasteiger partial charge in [-0.15, -0.1) is 0 Å². The molecule has 1 aromatic heterocycles. The molecule has 0 radical (unpaired) electrons. The summed E-state index contributed by atoms with van der Waals surface area (Å²) >= 11 is 0. The highest BCUT2D eigenvalue weighted by atomic mass is 16.4. The van der Waals surface area contributed by atoms with Gasteiger partial charge >= 0.3 is 0 Å². The van der Waals surface area contributed by atoms with Gasteiger partial charge < -0.3 is 9.62 Å². The van der Waals surface area contributed by atoms with Crippen LogP contribution in [0.5, 0.6) is 0 Å². The summed E-state index contributed by atoms with van der Waals surface area (Å²) in [6, 6.07) is 15.1. The maximum atomic E-state index is 8.53. The molecule has 2 aromatic carbocycles. The van der Waals surface area contributed by atoms with Crippen molar-refractivity contribution >= 4 is 17.3 Å². The van der Waals surface area contributed by atoms with Crippen molar-refractivity contribution in [2.45, 2.75) is 0 Å². The molecule has 0 fully saturated rings. The zero-order valence-electron chi connectivity index (χ0n) is 9.45. The van der Waals surface area contributed by atoms with E-state index < -0.39 is 0 Å². The van der Waals surface area contributed by atoms with Gasteiger partial charge in [0.05, 0.1) is 6.21 Å². The highest BCUT2D eigenvalue weighted by Gasteiger charge is 2.07. The number of rotatable bonds is 2. The lowest BCUT2D eigenvalue weighted by Crippen LogP contribution is -1.83. The Morgan fingerprint density at radius 2 is 2.00 bits per heavy atom. The summed E-state index contributed by atoms with van der Waals surface area (Å²) < 4.78 is 5.67. The smallest absolute Gasteiger partial charge is 0.227 e. The van der Waals surface area contributed by atoms with Gasteiger partial charge in [-0.2, -0.15) is 0 Å². The topological polar surface area (TPSA) is 58.6 Å². The van der Waals surface area contributed by atoms with Crippen LogP contribution in [0.2, 0.25) is 0 Å². The summed E-state index contributed by atoms with van der Waals surface area (Å²) in [6.07, 6.45) is 1.37. The average molecular weight is 238 g/mol. The van der Waals surface area contributed by atoms with Crippen molar-refractivity contribution in [2.24, 2.45) is 5.16 Å². The van der Waals surface area contributed by atoms with E-state index >= 15 is 0 Å². The molecule has 18 heavy (non-hydrogen) atoms. The molecule has 0 amide bonds. The Bertz CT molecular complexity index is 683. The summed E-state index contributed by atoms with van der Waals surface area (Å²) in [7, 11) is 0. The van der Waals surface area contributed by atoms with Gasteiger partial charge in [0.2, 0.25) is 5.89 Å². The summed E-state index contributed by atoms with van der Waals surface area (Å²) in [5, 5.41) is 11.5. The van der Waals surface area contributed by atoms with Crippen LogP contribution in [0.15, 0.2) is 58.1 Å². The molecule has 0 saturated carbocycles. The molecule has 0 saturated heterocycles. The molecule has 0 aliphatic rings. The molecule has 3 rings (SSSR count). The SMILES string of the molecule is O/N=C/c1cccc(-c2nc3ccccc3o2)c1. The summed E-state index contributed by atoms with van der Waals surface area (Å²) in [5.74, 6) is 0.560. The molecule has 0 aliphatic heterocycles. The minimum Gasteiger partial charge on any atom is -0.436 e. The van der Waals surface area contributed by atoms with E-state index in [1.165, 1.54) is 6.21 Å². The van der Waals surface area contributed by atoms with E-state index in [-0.39, 0.29) is 0 Å². The van der Waals surface area contributed by atoms with Gasteiger partial charge in [-0.3, -0.25) is 0 Å². The van der Waals surface area contributed by atoms with E-state index in [1.807, 2.05) is 48.5 Å². The number of fused-ring (bicyclic) bond motifs is 1. The highest BCUT2D eigenvalue weighted by Crippen LogP contribution is 2.24. The number of aromatic nitrogens is 1. The summed E-state index contributed by atoms with van der Waals surface area (Å²) in [5.41, 5.74) is 3.23. The Morgan fingerprint density at radius 1 is 1.11 bits per heavy atom.